The molecule has 1 heterocycles. The molecule has 124 valence electrons. The summed E-state index contributed by atoms with van der Waals surface area (Å²) < 4.78 is 33.5. The van der Waals surface area contributed by atoms with E-state index < -0.39 is 10.0 Å². The predicted molar refractivity (Wildman–Crippen MR) is 91.9 cm³/mol. The van der Waals surface area contributed by atoms with E-state index >= 15 is 0 Å². The molecule has 2 rings (SSSR count). The molecule has 0 aliphatic carbocycles. The number of thioether (sulfide) groups is 1. The van der Waals surface area contributed by atoms with Crippen molar-refractivity contribution in [1.82, 2.24) is 4.31 Å². The predicted octanol–water partition coefficient (Wildman–Crippen LogP) is 2.78. The Morgan fingerprint density at radius 1 is 1.27 bits per heavy atom. The summed E-state index contributed by atoms with van der Waals surface area (Å²) in [4.78, 5) is 0.372. The number of aryl methyl sites for hydroxylation is 1. The minimum absolute atomic E-state index is 0.0854. The van der Waals surface area contributed by atoms with Crippen molar-refractivity contribution in [3.63, 3.8) is 0 Å². The fraction of sp³-hybridized carbons (Fsp3) is 0.625. The summed E-state index contributed by atoms with van der Waals surface area (Å²) in [6, 6.07) is 7.10. The van der Waals surface area contributed by atoms with Crippen LogP contribution in [0.15, 0.2) is 29.2 Å². The molecule has 0 amide bonds. The van der Waals surface area contributed by atoms with Crippen molar-refractivity contribution in [2.45, 2.75) is 50.3 Å². The number of sulfonamides is 1. The van der Waals surface area contributed by atoms with Crippen LogP contribution in [0.5, 0.6) is 0 Å². The molecule has 3 unspecified atom stereocenters. The lowest BCUT2D eigenvalue weighted by Crippen LogP contribution is -2.56. The molecule has 1 saturated heterocycles. The van der Waals surface area contributed by atoms with E-state index in [0.29, 0.717) is 11.4 Å². The lowest BCUT2D eigenvalue weighted by atomic mass is 10.1. The van der Waals surface area contributed by atoms with E-state index in [1.165, 1.54) is 0 Å². The maximum absolute atomic E-state index is 13.0. The average Bonchev–Trinajstić information content (AvgIpc) is 2.49. The molecule has 0 aromatic heterocycles. The number of morpholine rings is 1. The quantitative estimate of drug-likeness (QED) is 0.825. The second kappa shape index (κ2) is 7.34. The van der Waals surface area contributed by atoms with Crippen molar-refractivity contribution in [3.8, 4) is 0 Å². The van der Waals surface area contributed by atoms with Gasteiger partial charge in [0, 0.05) is 12.3 Å². The Labute approximate surface area is 138 Å². The summed E-state index contributed by atoms with van der Waals surface area (Å²) in [7, 11) is -3.48. The van der Waals surface area contributed by atoms with Gasteiger partial charge in [0.1, 0.15) is 0 Å². The first-order valence-corrected chi connectivity index (χ1v) is 10.5. The average molecular weight is 344 g/mol. The Morgan fingerprint density at radius 3 is 2.45 bits per heavy atom. The van der Waals surface area contributed by atoms with E-state index in [1.54, 1.807) is 28.2 Å². The first kappa shape index (κ1) is 17.8. The number of nitrogens with zero attached hydrogens (tertiary/aromatic N) is 1. The minimum atomic E-state index is -3.48. The normalized spacial score (nSPS) is 27.0. The molecular formula is C16H25NO3S2. The van der Waals surface area contributed by atoms with Crippen LogP contribution in [0.4, 0.5) is 0 Å². The third-order valence-corrected chi connectivity index (χ3v) is 6.65. The molecular weight excluding hydrogens is 318 g/mol. The van der Waals surface area contributed by atoms with Crippen LogP contribution in [0.2, 0.25) is 0 Å². The molecule has 1 aromatic carbocycles. The second-order valence-corrected chi connectivity index (χ2v) is 8.55. The van der Waals surface area contributed by atoms with Crippen LogP contribution in [-0.4, -0.2) is 49.5 Å². The van der Waals surface area contributed by atoms with Crippen LogP contribution < -0.4 is 0 Å². The van der Waals surface area contributed by atoms with E-state index in [4.69, 9.17) is 4.74 Å². The molecule has 3 atom stereocenters. The zero-order valence-electron chi connectivity index (χ0n) is 13.7. The van der Waals surface area contributed by atoms with Gasteiger partial charge in [0.15, 0.2) is 0 Å². The second-order valence-electron chi connectivity index (χ2n) is 5.75. The number of ether oxygens (including phenoxy) is 1. The van der Waals surface area contributed by atoms with Gasteiger partial charge in [-0.3, -0.25) is 0 Å². The smallest absolute Gasteiger partial charge is 0.243 e. The molecule has 1 aromatic rings. The van der Waals surface area contributed by atoms with Crippen molar-refractivity contribution in [1.29, 1.82) is 0 Å². The van der Waals surface area contributed by atoms with Crippen molar-refractivity contribution in [2.24, 2.45) is 0 Å². The zero-order chi connectivity index (χ0) is 16.3. The summed E-state index contributed by atoms with van der Waals surface area (Å²) in [6.07, 6.45) is 2.71. The molecule has 0 radical (unpaired) electrons. The Bertz CT molecular complexity index is 586. The van der Waals surface area contributed by atoms with Gasteiger partial charge in [0.05, 0.1) is 23.1 Å². The van der Waals surface area contributed by atoms with Gasteiger partial charge in [-0.2, -0.15) is 16.1 Å². The Hall–Kier alpha value is -0.560. The monoisotopic (exact) mass is 343 g/mol. The van der Waals surface area contributed by atoms with Crippen LogP contribution in [0.25, 0.3) is 0 Å². The molecule has 4 nitrogen and oxygen atoms in total. The van der Waals surface area contributed by atoms with E-state index in [9.17, 15) is 8.42 Å². The van der Waals surface area contributed by atoms with Crippen molar-refractivity contribution in [2.75, 3.05) is 18.6 Å². The Morgan fingerprint density at radius 2 is 1.91 bits per heavy atom. The maximum Gasteiger partial charge on any atom is 0.243 e. The first-order chi connectivity index (χ1) is 10.4. The van der Waals surface area contributed by atoms with Crippen LogP contribution in [-0.2, 0) is 21.2 Å². The zero-order valence-corrected chi connectivity index (χ0v) is 15.3. The van der Waals surface area contributed by atoms with E-state index in [2.05, 4.69) is 6.92 Å². The van der Waals surface area contributed by atoms with Gasteiger partial charge in [0.25, 0.3) is 0 Å². The number of hydrogen-bond donors (Lipinski definition) is 0. The van der Waals surface area contributed by atoms with Crippen molar-refractivity contribution < 1.29 is 13.2 Å². The molecule has 0 saturated carbocycles. The minimum Gasteiger partial charge on any atom is -0.372 e. The van der Waals surface area contributed by atoms with E-state index in [-0.39, 0.29) is 18.2 Å². The van der Waals surface area contributed by atoms with Crippen molar-refractivity contribution >= 4 is 21.8 Å². The van der Waals surface area contributed by atoms with Gasteiger partial charge in [-0.05, 0) is 44.2 Å². The van der Waals surface area contributed by atoms with Crippen LogP contribution in [0.1, 0.15) is 26.3 Å². The molecule has 1 aliphatic rings. The Balaban J connectivity index is 2.34. The van der Waals surface area contributed by atoms with Gasteiger partial charge < -0.3 is 4.74 Å². The highest BCUT2D eigenvalue weighted by atomic mass is 32.2. The van der Waals surface area contributed by atoms with Gasteiger partial charge in [0.2, 0.25) is 10.0 Å². The summed E-state index contributed by atoms with van der Waals surface area (Å²) >= 11 is 1.65. The van der Waals surface area contributed by atoms with E-state index in [0.717, 1.165) is 17.7 Å². The summed E-state index contributed by atoms with van der Waals surface area (Å²) in [6.45, 7) is 6.35. The van der Waals surface area contributed by atoms with Crippen LogP contribution in [0.3, 0.4) is 0 Å². The third-order valence-electron chi connectivity index (χ3n) is 4.07. The summed E-state index contributed by atoms with van der Waals surface area (Å²) in [5, 5.41) is 0. The van der Waals surface area contributed by atoms with Crippen LogP contribution in [0, 0.1) is 0 Å². The number of benzene rings is 1. The first-order valence-electron chi connectivity index (χ1n) is 7.65. The van der Waals surface area contributed by atoms with Gasteiger partial charge in [-0.1, -0.05) is 19.1 Å². The maximum atomic E-state index is 13.0. The van der Waals surface area contributed by atoms with Gasteiger partial charge in [-0.15, -0.1) is 0 Å². The van der Waals surface area contributed by atoms with Crippen molar-refractivity contribution in [3.05, 3.63) is 29.8 Å². The summed E-state index contributed by atoms with van der Waals surface area (Å²) in [5.41, 5.74) is 1.14. The molecule has 1 fully saturated rings. The fourth-order valence-electron chi connectivity index (χ4n) is 2.82. The van der Waals surface area contributed by atoms with E-state index in [1.807, 2.05) is 32.2 Å². The van der Waals surface area contributed by atoms with Crippen LogP contribution >= 0.6 is 11.8 Å². The summed E-state index contributed by atoms with van der Waals surface area (Å²) in [5.74, 6) is 0.736. The van der Waals surface area contributed by atoms with Gasteiger partial charge in [-0.25, -0.2) is 8.42 Å². The standard InChI is InChI=1S/C16H25NO3S2/c1-5-14-6-8-15(9-7-14)22(18,19)17-10-12(2)20-13(3)16(17)11-21-4/h6-9,12-13,16H,5,10-11H2,1-4H3. The highest BCUT2D eigenvalue weighted by Crippen LogP contribution is 2.27. The highest BCUT2D eigenvalue weighted by Gasteiger charge is 2.40. The molecule has 22 heavy (non-hydrogen) atoms. The Kier molecular flexibility index (Phi) is 5.94. The number of hydrogen-bond acceptors (Lipinski definition) is 4. The third kappa shape index (κ3) is 3.67. The molecule has 6 heteroatoms. The fourth-order valence-corrected chi connectivity index (χ4v) is 5.47. The molecule has 0 bridgehead atoms. The SMILES string of the molecule is CCc1ccc(S(=O)(=O)N2CC(C)OC(C)C2CSC)cc1. The number of rotatable bonds is 5. The topological polar surface area (TPSA) is 46.6 Å². The van der Waals surface area contributed by atoms with Gasteiger partial charge >= 0.3 is 0 Å². The molecule has 0 N–H and O–H groups in total. The highest BCUT2D eigenvalue weighted by molar-refractivity contribution is 7.98. The lowest BCUT2D eigenvalue weighted by molar-refractivity contribution is -0.0705. The molecule has 1 aliphatic heterocycles. The largest absolute Gasteiger partial charge is 0.372 e. The molecule has 0 spiro atoms. The lowest BCUT2D eigenvalue weighted by Gasteiger charge is -2.41.